The summed E-state index contributed by atoms with van der Waals surface area (Å²) in [5.41, 5.74) is 1.11. The van der Waals surface area contributed by atoms with Crippen molar-refractivity contribution >= 4 is 23.2 Å². The van der Waals surface area contributed by atoms with Gasteiger partial charge in [-0.15, -0.1) is 0 Å². The van der Waals surface area contributed by atoms with E-state index in [0.29, 0.717) is 23.5 Å². The van der Waals surface area contributed by atoms with Crippen LogP contribution < -0.4 is 20.7 Å². The number of halogens is 1. The zero-order chi connectivity index (χ0) is 18.9. The lowest BCUT2D eigenvalue weighted by atomic mass is 10.2. The molecule has 0 spiro atoms. The van der Waals surface area contributed by atoms with Gasteiger partial charge in [0, 0.05) is 17.7 Å². The van der Waals surface area contributed by atoms with Crippen molar-refractivity contribution in [2.45, 2.75) is 12.8 Å². The summed E-state index contributed by atoms with van der Waals surface area (Å²) < 4.78 is 18.5. The normalized spacial score (nSPS) is 10.3. The Morgan fingerprint density at radius 3 is 2.62 bits per heavy atom. The minimum atomic E-state index is -0.493. The van der Waals surface area contributed by atoms with Gasteiger partial charge in [-0.1, -0.05) is 6.07 Å². The van der Waals surface area contributed by atoms with E-state index in [4.69, 9.17) is 4.74 Å². The van der Waals surface area contributed by atoms with Crippen LogP contribution in [0.5, 0.6) is 5.75 Å². The number of rotatable bonds is 8. The number of hydrogen-bond donors (Lipinski definition) is 3. The van der Waals surface area contributed by atoms with E-state index < -0.39 is 11.7 Å². The molecule has 0 unspecified atom stereocenters. The number of nitrogens with one attached hydrogen (secondary N) is 3. The molecule has 26 heavy (non-hydrogen) atoms. The number of amides is 2. The van der Waals surface area contributed by atoms with Crippen molar-refractivity contribution in [3.63, 3.8) is 0 Å². The van der Waals surface area contributed by atoms with Crippen LogP contribution in [0.25, 0.3) is 0 Å². The largest absolute Gasteiger partial charge is 0.495 e. The zero-order valence-electron chi connectivity index (χ0n) is 14.8. The van der Waals surface area contributed by atoms with Gasteiger partial charge in [-0.05, 0) is 56.4 Å². The molecule has 0 aliphatic heterocycles. The summed E-state index contributed by atoms with van der Waals surface area (Å²) in [6, 6.07) is 10.3. The molecular formula is C19H22FN3O3. The first kappa shape index (κ1) is 19.4. The highest BCUT2D eigenvalue weighted by atomic mass is 19.1. The van der Waals surface area contributed by atoms with Crippen LogP contribution in [0.1, 0.15) is 23.2 Å². The van der Waals surface area contributed by atoms with Crippen molar-refractivity contribution < 1.29 is 18.7 Å². The van der Waals surface area contributed by atoms with Crippen LogP contribution in [0.2, 0.25) is 0 Å². The van der Waals surface area contributed by atoms with Crippen molar-refractivity contribution in [3.05, 3.63) is 53.8 Å². The minimum Gasteiger partial charge on any atom is -0.495 e. The number of ether oxygens (including phenoxy) is 1. The fourth-order valence-corrected chi connectivity index (χ4v) is 2.36. The molecule has 0 saturated heterocycles. The smallest absolute Gasteiger partial charge is 0.255 e. The maximum absolute atomic E-state index is 13.3. The molecule has 0 aliphatic carbocycles. The third-order valence-corrected chi connectivity index (χ3v) is 3.65. The van der Waals surface area contributed by atoms with E-state index in [1.165, 1.54) is 25.3 Å². The van der Waals surface area contributed by atoms with E-state index in [1.807, 2.05) is 7.05 Å². The molecular weight excluding hydrogens is 337 g/mol. The van der Waals surface area contributed by atoms with Crippen LogP contribution >= 0.6 is 0 Å². The van der Waals surface area contributed by atoms with Crippen LogP contribution in [-0.4, -0.2) is 32.5 Å². The molecule has 2 aromatic rings. The highest BCUT2D eigenvalue weighted by Crippen LogP contribution is 2.28. The van der Waals surface area contributed by atoms with E-state index in [0.717, 1.165) is 19.0 Å². The maximum Gasteiger partial charge on any atom is 0.255 e. The molecule has 0 radical (unpaired) electrons. The van der Waals surface area contributed by atoms with Crippen molar-refractivity contribution in [1.29, 1.82) is 0 Å². The van der Waals surface area contributed by atoms with Crippen molar-refractivity contribution in [3.8, 4) is 5.75 Å². The predicted octanol–water partition coefficient (Wildman–Crippen LogP) is 3.02. The van der Waals surface area contributed by atoms with Gasteiger partial charge in [0.2, 0.25) is 5.91 Å². The lowest BCUT2D eigenvalue weighted by molar-refractivity contribution is -0.116. The molecule has 6 nitrogen and oxygen atoms in total. The number of carbonyl (C=O) groups is 2. The fourth-order valence-electron chi connectivity index (χ4n) is 2.36. The second-order valence-electron chi connectivity index (χ2n) is 5.63. The molecule has 0 heterocycles. The molecule has 0 aliphatic rings. The van der Waals surface area contributed by atoms with Gasteiger partial charge < -0.3 is 20.7 Å². The summed E-state index contributed by atoms with van der Waals surface area (Å²) in [6.07, 6.45) is 1.11. The van der Waals surface area contributed by atoms with Gasteiger partial charge in [0.15, 0.2) is 0 Å². The molecule has 0 atom stereocenters. The molecule has 0 aromatic heterocycles. The van der Waals surface area contributed by atoms with E-state index >= 15 is 0 Å². The van der Waals surface area contributed by atoms with Gasteiger partial charge >= 0.3 is 0 Å². The molecule has 0 bridgehead atoms. The fraction of sp³-hybridized carbons (Fsp3) is 0.263. The van der Waals surface area contributed by atoms with Gasteiger partial charge in [-0.25, -0.2) is 4.39 Å². The quantitative estimate of drug-likeness (QED) is 0.633. The number of anilines is 2. The Morgan fingerprint density at radius 2 is 1.92 bits per heavy atom. The van der Waals surface area contributed by atoms with Gasteiger partial charge in [0.1, 0.15) is 11.6 Å². The van der Waals surface area contributed by atoms with Gasteiger partial charge in [0.25, 0.3) is 5.91 Å². The van der Waals surface area contributed by atoms with Gasteiger partial charge in [-0.3, -0.25) is 9.59 Å². The number of benzene rings is 2. The Kier molecular flexibility index (Phi) is 7.11. The lowest BCUT2D eigenvalue weighted by Crippen LogP contribution is -2.16. The summed E-state index contributed by atoms with van der Waals surface area (Å²) in [7, 11) is 3.30. The second-order valence-corrected chi connectivity index (χ2v) is 5.63. The molecule has 138 valence electrons. The third kappa shape index (κ3) is 5.56. The summed E-state index contributed by atoms with van der Waals surface area (Å²) in [6.45, 7) is 0.755. The molecule has 7 heteroatoms. The molecule has 2 aromatic carbocycles. The van der Waals surface area contributed by atoms with Crippen LogP contribution in [-0.2, 0) is 4.79 Å². The second kappa shape index (κ2) is 9.53. The van der Waals surface area contributed by atoms with E-state index in [9.17, 15) is 14.0 Å². The van der Waals surface area contributed by atoms with Gasteiger partial charge in [0.05, 0.1) is 12.8 Å². The van der Waals surface area contributed by atoms with Crippen LogP contribution in [0, 0.1) is 5.82 Å². The number of hydrogen-bond acceptors (Lipinski definition) is 4. The zero-order valence-corrected chi connectivity index (χ0v) is 14.8. The molecule has 2 rings (SSSR count). The Morgan fingerprint density at radius 1 is 1.12 bits per heavy atom. The predicted molar refractivity (Wildman–Crippen MR) is 99.1 cm³/mol. The summed E-state index contributed by atoms with van der Waals surface area (Å²) >= 11 is 0. The number of carbonyl (C=O) groups excluding carboxylic acids is 2. The van der Waals surface area contributed by atoms with Gasteiger partial charge in [-0.2, -0.15) is 0 Å². The molecule has 3 N–H and O–H groups in total. The van der Waals surface area contributed by atoms with Crippen molar-refractivity contribution in [2.75, 3.05) is 31.3 Å². The Labute approximate surface area is 151 Å². The first-order valence-corrected chi connectivity index (χ1v) is 8.23. The summed E-state index contributed by atoms with van der Waals surface area (Å²) in [4.78, 5) is 24.2. The van der Waals surface area contributed by atoms with Crippen LogP contribution in [0.4, 0.5) is 15.8 Å². The highest BCUT2D eigenvalue weighted by molar-refractivity contribution is 6.05. The van der Waals surface area contributed by atoms with Crippen molar-refractivity contribution in [2.24, 2.45) is 0 Å². The lowest BCUT2D eigenvalue weighted by Gasteiger charge is -2.13. The third-order valence-electron chi connectivity index (χ3n) is 3.65. The monoisotopic (exact) mass is 359 g/mol. The summed E-state index contributed by atoms with van der Waals surface area (Å²) in [5.74, 6) is -0.650. The van der Waals surface area contributed by atoms with Crippen LogP contribution in [0.3, 0.4) is 0 Å². The first-order valence-electron chi connectivity index (χ1n) is 8.23. The highest BCUT2D eigenvalue weighted by Gasteiger charge is 2.12. The molecule has 0 saturated carbocycles. The Balaban J connectivity index is 2.11. The maximum atomic E-state index is 13.3. The van der Waals surface area contributed by atoms with E-state index in [2.05, 4.69) is 16.0 Å². The molecule has 0 fully saturated rings. The topological polar surface area (TPSA) is 79.5 Å². The average Bonchev–Trinajstić information content (AvgIpc) is 2.62. The number of methoxy groups -OCH3 is 1. The average molecular weight is 359 g/mol. The van der Waals surface area contributed by atoms with E-state index in [-0.39, 0.29) is 11.5 Å². The van der Waals surface area contributed by atoms with E-state index in [1.54, 1.807) is 18.2 Å². The SMILES string of the molecule is CNCCCC(=O)Nc1ccc(OC)c(NC(=O)c2cccc(F)c2)c1. The first-order chi connectivity index (χ1) is 12.5. The summed E-state index contributed by atoms with van der Waals surface area (Å²) in [5, 5.41) is 8.44. The van der Waals surface area contributed by atoms with Crippen molar-refractivity contribution in [1.82, 2.24) is 5.32 Å². The Hall–Kier alpha value is -2.93. The standard InChI is InChI=1S/C19H22FN3O3/c1-21-10-4-7-18(24)22-15-8-9-17(26-2)16(12-15)23-19(25)13-5-3-6-14(20)11-13/h3,5-6,8-9,11-12,21H,4,7,10H2,1-2H3,(H,22,24)(H,23,25). The Bertz CT molecular complexity index is 780. The minimum absolute atomic E-state index is 0.118. The van der Waals surface area contributed by atoms with Crippen LogP contribution in [0.15, 0.2) is 42.5 Å². The molecule has 2 amide bonds.